The molecule has 0 bridgehead atoms. The van der Waals surface area contributed by atoms with E-state index in [-0.39, 0.29) is 11.6 Å². The Morgan fingerprint density at radius 1 is 1.28 bits per heavy atom. The van der Waals surface area contributed by atoms with Crippen LogP contribution >= 0.6 is 0 Å². The Bertz CT molecular complexity index is 462. The number of hydrogen-bond acceptors (Lipinski definition) is 2. The quantitative estimate of drug-likeness (QED) is 0.767. The van der Waals surface area contributed by atoms with Gasteiger partial charge in [0.1, 0.15) is 5.82 Å². The summed E-state index contributed by atoms with van der Waals surface area (Å²) in [4.78, 5) is 14.8. The van der Waals surface area contributed by atoms with Gasteiger partial charge in [-0.05, 0) is 70.5 Å². The summed E-state index contributed by atoms with van der Waals surface area (Å²) in [6, 6.07) is 4.61. The molecule has 1 saturated heterocycles. The SMILES string of the molecule is Cc1cc(C(=O)C(C)(C)N2CCCC2)ccc1F. The zero-order chi connectivity index (χ0) is 13.3. The summed E-state index contributed by atoms with van der Waals surface area (Å²) >= 11 is 0. The molecule has 0 atom stereocenters. The van der Waals surface area contributed by atoms with E-state index < -0.39 is 5.54 Å². The fourth-order valence-electron chi connectivity index (χ4n) is 2.56. The molecule has 0 aliphatic carbocycles. The molecule has 0 unspecified atom stereocenters. The van der Waals surface area contributed by atoms with Crippen LogP contribution in [0.5, 0.6) is 0 Å². The van der Waals surface area contributed by atoms with Gasteiger partial charge >= 0.3 is 0 Å². The second-order valence-electron chi connectivity index (χ2n) is 5.55. The summed E-state index contributed by atoms with van der Waals surface area (Å²) in [7, 11) is 0. The van der Waals surface area contributed by atoms with Crippen molar-refractivity contribution in [2.75, 3.05) is 13.1 Å². The van der Waals surface area contributed by atoms with Crippen molar-refractivity contribution in [3.05, 3.63) is 35.1 Å². The summed E-state index contributed by atoms with van der Waals surface area (Å²) in [6.07, 6.45) is 2.30. The Morgan fingerprint density at radius 2 is 1.89 bits per heavy atom. The summed E-state index contributed by atoms with van der Waals surface area (Å²) in [6.45, 7) is 7.55. The number of halogens is 1. The molecule has 0 saturated carbocycles. The van der Waals surface area contributed by atoms with Crippen LogP contribution < -0.4 is 0 Å². The molecule has 2 rings (SSSR count). The van der Waals surface area contributed by atoms with Gasteiger partial charge in [-0.2, -0.15) is 0 Å². The molecule has 2 nitrogen and oxygen atoms in total. The number of nitrogens with zero attached hydrogens (tertiary/aromatic N) is 1. The van der Waals surface area contributed by atoms with Crippen molar-refractivity contribution < 1.29 is 9.18 Å². The van der Waals surface area contributed by atoms with Gasteiger partial charge < -0.3 is 0 Å². The number of aryl methyl sites for hydroxylation is 1. The van der Waals surface area contributed by atoms with Crippen LogP contribution in [-0.2, 0) is 0 Å². The number of hydrogen-bond donors (Lipinski definition) is 0. The van der Waals surface area contributed by atoms with Crippen molar-refractivity contribution in [2.24, 2.45) is 0 Å². The van der Waals surface area contributed by atoms with Crippen molar-refractivity contribution in [2.45, 2.75) is 39.2 Å². The van der Waals surface area contributed by atoms with E-state index in [2.05, 4.69) is 4.90 Å². The minimum Gasteiger partial charge on any atom is -0.292 e. The van der Waals surface area contributed by atoms with E-state index in [0.29, 0.717) is 11.1 Å². The number of ketones is 1. The second kappa shape index (κ2) is 4.81. The highest BCUT2D eigenvalue weighted by molar-refractivity contribution is 6.02. The molecule has 0 aromatic heterocycles. The van der Waals surface area contributed by atoms with E-state index in [1.165, 1.54) is 6.07 Å². The molecule has 1 aromatic rings. The highest BCUT2D eigenvalue weighted by Crippen LogP contribution is 2.25. The fraction of sp³-hybridized carbons (Fsp3) is 0.533. The van der Waals surface area contributed by atoms with Gasteiger partial charge in [-0.3, -0.25) is 9.69 Å². The smallest absolute Gasteiger partial charge is 0.182 e. The fourth-order valence-corrected chi connectivity index (χ4v) is 2.56. The van der Waals surface area contributed by atoms with Crippen molar-refractivity contribution in [3.63, 3.8) is 0 Å². The first-order valence-corrected chi connectivity index (χ1v) is 6.49. The molecule has 0 radical (unpaired) electrons. The minimum atomic E-state index is -0.499. The van der Waals surface area contributed by atoms with Gasteiger partial charge in [-0.15, -0.1) is 0 Å². The van der Waals surface area contributed by atoms with Gasteiger partial charge in [0.15, 0.2) is 5.78 Å². The Hall–Kier alpha value is -1.22. The molecule has 0 amide bonds. The highest BCUT2D eigenvalue weighted by atomic mass is 19.1. The van der Waals surface area contributed by atoms with Crippen LogP contribution in [0, 0.1) is 12.7 Å². The van der Waals surface area contributed by atoms with Gasteiger partial charge in [0.25, 0.3) is 0 Å². The predicted molar refractivity (Wildman–Crippen MR) is 70.4 cm³/mol. The highest BCUT2D eigenvalue weighted by Gasteiger charge is 2.36. The third-order valence-electron chi connectivity index (χ3n) is 3.87. The average Bonchev–Trinajstić information content (AvgIpc) is 2.86. The maximum absolute atomic E-state index is 13.2. The van der Waals surface area contributed by atoms with Crippen molar-refractivity contribution in [3.8, 4) is 0 Å². The van der Waals surface area contributed by atoms with Gasteiger partial charge in [0, 0.05) is 5.56 Å². The largest absolute Gasteiger partial charge is 0.292 e. The van der Waals surface area contributed by atoms with E-state index in [1.54, 1.807) is 19.1 Å². The van der Waals surface area contributed by atoms with Crippen molar-refractivity contribution in [1.82, 2.24) is 4.90 Å². The Labute approximate surface area is 108 Å². The molecule has 0 spiro atoms. The lowest BCUT2D eigenvalue weighted by Crippen LogP contribution is -2.48. The van der Waals surface area contributed by atoms with Crippen LogP contribution in [-0.4, -0.2) is 29.3 Å². The summed E-state index contributed by atoms with van der Waals surface area (Å²) in [5.74, 6) is -0.182. The normalized spacial score (nSPS) is 17.1. The molecule has 1 heterocycles. The molecular weight excluding hydrogens is 229 g/mol. The molecule has 98 valence electrons. The Balaban J connectivity index is 2.26. The summed E-state index contributed by atoms with van der Waals surface area (Å²) in [5.41, 5.74) is 0.629. The first kappa shape index (κ1) is 13.2. The number of carbonyl (C=O) groups is 1. The maximum Gasteiger partial charge on any atom is 0.182 e. The van der Waals surface area contributed by atoms with E-state index >= 15 is 0 Å². The molecule has 3 heteroatoms. The topological polar surface area (TPSA) is 20.3 Å². The van der Waals surface area contributed by atoms with E-state index in [9.17, 15) is 9.18 Å². The number of carbonyl (C=O) groups excluding carboxylic acids is 1. The monoisotopic (exact) mass is 249 g/mol. The Kier molecular flexibility index (Phi) is 3.53. The molecule has 1 fully saturated rings. The van der Waals surface area contributed by atoms with Gasteiger partial charge in [-0.25, -0.2) is 4.39 Å². The predicted octanol–water partition coefficient (Wildman–Crippen LogP) is 3.19. The standard InChI is InChI=1S/C15H20FNO/c1-11-10-12(6-7-13(11)16)14(18)15(2,3)17-8-4-5-9-17/h6-7,10H,4-5,8-9H2,1-3H3. The molecule has 18 heavy (non-hydrogen) atoms. The molecule has 1 aliphatic heterocycles. The van der Waals surface area contributed by atoms with Crippen molar-refractivity contribution >= 4 is 5.78 Å². The number of benzene rings is 1. The van der Waals surface area contributed by atoms with Crippen molar-refractivity contribution in [1.29, 1.82) is 0 Å². The van der Waals surface area contributed by atoms with Crippen LogP contribution in [0.15, 0.2) is 18.2 Å². The van der Waals surface area contributed by atoms with E-state index in [4.69, 9.17) is 0 Å². The first-order valence-electron chi connectivity index (χ1n) is 6.49. The summed E-state index contributed by atoms with van der Waals surface area (Å²) < 4.78 is 13.2. The van der Waals surface area contributed by atoms with E-state index in [0.717, 1.165) is 25.9 Å². The third kappa shape index (κ3) is 2.32. The van der Waals surface area contributed by atoms with Gasteiger partial charge in [0.2, 0.25) is 0 Å². The van der Waals surface area contributed by atoms with E-state index in [1.807, 2.05) is 13.8 Å². The van der Waals surface area contributed by atoms with Crippen LogP contribution in [0.1, 0.15) is 42.6 Å². The minimum absolute atomic E-state index is 0.0764. The van der Waals surface area contributed by atoms with Crippen LogP contribution in [0.2, 0.25) is 0 Å². The first-order chi connectivity index (χ1) is 8.43. The maximum atomic E-state index is 13.2. The van der Waals surface area contributed by atoms with Gasteiger partial charge in [-0.1, -0.05) is 0 Å². The van der Waals surface area contributed by atoms with Gasteiger partial charge in [0.05, 0.1) is 5.54 Å². The lowest BCUT2D eigenvalue weighted by molar-refractivity contribution is 0.0702. The zero-order valence-corrected chi connectivity index (χ0v) is 11.3. The molecule has 0 N–H and O–H groups in total. The summed E-state index contributed by atoms with van der Waals surface area (Å²) in [5, 5.41) is 0. The lowest BCUT2D eigenvalue weighted by atomic mass is 9.91. The van der Waals surface area contributed by atoms with Crippen LogP contribution in [0.4, 0.5) is 4.39 Å². The average molecular weight is 249 g/mol. The molecular formula is C15H20FNO. The number of likely N-dealkylation sites (tertiary alicyclic amines) is 1. The zero-order valence-electron chi connectivity index (χ0n) is 11.3. The second-order valence-corrected chi connectivity index (χ2v) is 5.55. The molecule has 1 aliphatic rings. The number of Topliss-reactive ketones (excluding diaryl/α,β-unsaturated/α-hetero) is 1. The Morgan fingerprint density at radius 3 is 2.44 bits per heavy atom. The van der Waals surface area contributed by atoms with Crippen LogP contribution in [0.3, 0.4) is 0 Å². The van der Waals surface area contributed by atoms with Crippen LogP contribution in [0.25, 0.3) is 0 Å². The number of rotatable bonds is 3. The molecule has 1 aromatic carbocycles. The lowest BCUT2D eigenvalue weighted by Gasteiger charge is -2.34. The third-order valence-corrected chi connectivity index (χ3v) is 3.87.